The van der Waals surface area contributed by atoms with Crippen LogP contribution in [0.2, 0.25) is 0 Å². The Morgan fingerprint density at radius 1 is 0.793 bits per heavy atom. The van der Waals surface area contributed by atoms with Crippen molar-refractivity contribution < 1.29 is 9.90 Å². The van der Waals surface area contributed by atoms with E-state index < -0.39 is 11.5 Å². The van der Waals surface area contributed by atoms with Crippen LogP contribution >= 0.6 is 0 Å². The van der Waals surface area contributed by atoms with Crippen LogP contribution in [0.25, 0.3) is 0 Å². The molecule has 3 aromatic carbocycles. The van der Waals surface area contributed by atoms with Gasteiger partial charge in [-0.2, -0.15) is 5.10 Å². The third-order valence-electron chi connectivity index (χ3n) is 5.02. The van der Waals surface area contributed by atoms with Crippen LogP contribution < -0.4 is 0 Å². The molecule has 0 saturated carbocycles. The SMILES string of the molecule is O=C(O)CCc1ncn(C(c2ccccc2)(c2ccccc2)c2ccccc2)n1. The second-order valence-electron chi connectivity index (χ2n) is 6.81. The van der Waals surface area contributed by atoms with E-state index in [4.69, 9.17) is 10.2 Å². The van der Waals surface area contributed by atoms with Gasteiger partial charge in [-0.1, -0.05) is 91.0 Å². The zero-order valence-corrected chi connectivity index (χ0v) is 15.8. The number of rotatable bonds is 7. The average Bonchev–Trinajstić information content (AvgIpc) is 3.24. The van der Waals surface area contributed by atoms with Gasteiger partial charge in [0.05, 0.1) is 6.42 Å². The Balaban J connectivity index is 1.97. The highest BCUT2D eigenvalue weighted by molar-refractivity contribution is 5.66. The normalized spacial score (nSPS) is 11.3. The molecule has 0 amide bonds. The van der Waals surface area contributed by atoms with Crippen LogP contribution in [0.3, 0.4) is 0 Å². The summed E-state index contributed by atoms with van der Waals surface area (Å²) in [6.07, 6.45) is 1.99. The number of aromatic nitrogens is 3. The first-order chi connectivity index (χ1) is 14.2. The first-order valence-corrected chi connectivity index (χ1v) is 9.50. The molecule has 0 spiro atoms. The molecule has 29 heavy (non-hydrogen) atoms. The Kier molecular flexibility index (Phi) is 5.20. The number of aryl methyl sites for hydroxylation is 1. The molecule has 0 aliphatic rings. The van der Waals surface area contributed by atoms with Crippen molar-refractivity contribution in [2.45, 2.75) is 18.4 Å². The van der Waals surface area contributed by atoms with E-state index in [0.29, 0.717) is 5.82 Å². The number of hydrogen-bond acceptors (Lipinski definition) is 3. The van der Waals surface area contributed by atoms with E-state index in [1.54, 1.807) is 6.33 Å². The molecule has 5 heteroatoms. The van der Waals surface area contributed by atoms with Gasteiger partial charge in [0.1, 0.15) is 11.9 Å². The van der Waals surface area contributed by atoms with Gasteiger partial charge in [0, 0.05) is 6.42 Å². The largest absolute Gasteiger partial charge is 0.481 e. The lowest BCUT2D eigenvalue weighted by Gasteiger charge is -2.35. The molecule has 5 nitrogen and oxygen atoms in total. The first kappa shape index (κ1) is 18.6. The minimum Gasteiger partial charge on any atom is -0.481 e. The van der Waals surface area contributed by atoms with Gasteiger partial charge in [-0.05, 0) is 16.7 Å². The molecule has 0 fully saturated rings. The molecule has 0 aliphatic heterocycles. The minimum absolute atomic E-state index is 0.000968. The predicted octanol–water partition coefficient (Wildman–Crippen LogP) is 4.14. The van der Waals surface area contributed by atoms with Gasteiger partial charge in [-0.15, -0.1) is 0 Å². The third-order valence-corrected chi connectivity index (χ3v) is 5.02. The summed E-state index contributed by atoms with van der Waals surface area (Å²) in [5, 5.41) is 13.7. The fourth-order valence-corrected chi connectivity index (χ4v) is 3.73. The molecule has 1 N–H and O–H groups in total. The molecule has 0 radical (unpaired) electrons. The maximum Gasteiger partial charge on any atom is 0.303 e. The highest BCUT2D eigenvalue weighted by Gasteiger charge is 2.39. The second-order valence-corrected chi connectivity index (χ2v) is 6.81. The van der Waals surface area contributed by atoms with Gasteiger partial charge >= 0.3 is 5.97 Å². The van der Waals surface area contributed by atoms with Crippen molar-refractivity contribution in [1.29, 1.82) is 0 Å². The van der Waals surface area contributed by atoms with Crippen LogP contribution in [0, 0.1) is 0 Å². The van der Waals surface area contributed by atoms with Crippen molar-refractivity contribution >= 4 is 5.97 Å². The van der Waals surface area contributed by atoms with E-state index in [2.05, 4.69) is 41.4 Å². The molecular weight excluding hydrogens is 362 g/mol. The minimum atomic E-state index is -0.859. The van der Waals surface area contributed by atoms with E-state index in [0.717, 1.165) is 16.7 Å². The summed E-state index contributed by atoms with van der Waals surface area (Å²) >= 11 is 0. The Morgan fingerprint density at radius 3 is 1.66 bits per heavy atom. The van der Waals surface area contributed by atoms with Gasteiger partial charge in [0.2, 0.25) is 0 Å². The van der Waals surface area contributed by atoms with Crippen LogP contribution in [0.4, 0.5) is 0 Å². The second kappa shape index (κ2) is 8.10. The van der Waals surface area contributed by atoms with E-state index in [9.17, 15) is 4.79 Å². The number of carbonyl (C=O) groups is 1. The predicted molar refractivity (Wildman–Crippen MR) is 111 cm³/mol. The first-order valence-electron chi connectivity index (χ1n) is 9.50. The zero-order chi connectivity index (χ0) is 20.1. The molecule has 4 aromatic rings. The monoisotopic (exact) mass is 383 g/mol. The quantitative estimate of drug-likeness (QED) is 0.487. The molecule has 4 rings (SSSR count). The lowest BCUT2D eigenvalue weighted by molar-refractivity contribution is -0.137. The van der Waals surface area contributed by atoms with E-state index in [1.807, 2.05) is 59.3 Å². The summed E-state index contributed by atoms with van der Waals surface area (Å²) in [5.74, 6) is -0.346. The van der Waals surface area contributed by atoms with E-state index in [1.165, 1.54) is 0 Å². The van der Waals surface area contributed by atoms with Crippen molar-refractivity contribution in [2.75, 3.05) is 0 Å². The maximum atomic E-state index is 11.0. The summed E-state index contributed by atoms with van der Waals surface area (Å²) in [5.41, 5.74) is 2.42. The molecule has 0 bridgehead atoms. The van der Waals surface area contributed by atoms with Gasteiger partial charge in [-0.25, -0.2) is 9.67 Å². The molecule has 1 aromatic heterocycles. The molecule has 0 unspecified atom stereocenters. The number of hydrogen-bond donors (Lipinski definition) is 1. The lowest BCUT2D eigenvalue weighted by atomic mass is 9.77. The number of carboxylic acid groups (broad SMARTS) is 1. The van der Waals surface area contributed by atoms with Crippen molar-refractivity contribution in [3.8, 4) is 0 Å². The summed E-state index contributed by atoms with van der Waals surface area (Å²) in [6, 6.07) is 30.5. The Labute approximate surface area is 169 Å². The number of nitrogens with zero attached hydrogens (tertiary/aromatic N) is 3. The lowest BCUT2D eigenvalue weighted by Crippen LogP contribution is -2.38. The third kappa shape index (κ3) is 3.55. The van der Waals surface area contributed by atoms with Crippen LogP contribution in [-0.2, 0) is 16.8 Å². The topological polar surface area (TPSA) is 68.0 Å². The van der Waals surface area contributed by atoms with E-state index >= 15 is 0 Å². The number of aliphatic carboxylic acids is 1. The van der Waals surface area contributed by atoms with Crippen LogP contribution in [0.1, 0.15) is 28.9 Å². The molecule has 0 atom stereocenters. The van der Waals surface area contributed by atoms with Crippen LogP contribution in [0.5, 0.6) is 0 Å². The molecular formula is C24H21N3O2. The summed E-state index contributed by atoms with van der Waals surface area (Å²) in [4.78, 5) is 15.4. The molecule has 0 aliphatic carbocycles. The van der Waals surface area contributed by atoms with Crippen molar-refractivity contribution in [3.05, 3.63) is 120 Å². The zero-order valence-electron chi connectivity index (χ0n) is 15.8. The fourth-order valence-electron chi connectivity index (χ4n) is 3.73. The Hall–Kier alpha value is -3.73. The smallest absolute Gasteiger partial charge is 0.303 e. The van der Waals surface area contributed by atoms with E-state index in [-0.39, 0.29) is 12.8 Å². The Morgan fingerprint density at radius 2 is 1.24 bits per heavy atom. The highest BCUT2D eigenvalue weighted by atomic mass is 16.4. The van der Waals surface area contributed by atoms with Crippen molar-refractivity contribution in [3.63, 3.8) is 0 Å². The molecule has 0 saturated heterocycles. The maximum absolute atomic E-state index is 11.0. The van der Waals surface area contributed by atoms with Crippen LogP contribution in [-0.4, -0.2) is 25.8 Å². The van der Waals surface area contributed by atoms with Gasteiger partial charge < -0.3 is 5.11 Å². The summed E-state index contributed by atoms with van der Waals surface area (Å²) in [7, 11) is 0. The van der Waals surface area contributed by atoms with Gasteiger partial charge in [0.25, 0.3) is 0 Å². The van der Waals surface area contributed by atoms with Crippen LogP contribution in [0.15, 0.2) is 97.3 Å². The van der Waals surface area contributed by atoms with Crippen molar-refractivity contribution in [1.82, 2.24) is 14.8 Å². The highest BCUT2D eigenvalue weighted by Crippen LogP contribution is 2.40. The molecule has 144 valence electrons. The number of carboxylic acids is 1. The molecule has 1 heterocycles. The van der Waals surface area contributed by atoms with Gasteiger partial charge in [-0.3, -0.25) is 4.79 Å². The average molecular weight is 383 g/mol. The Bertz CT molecular complexity index is 980. The van der Waals surface area contributed by atoms with Crippen molar-refractivity contribution in [2.24, 2.45) is 0 Å². The summed E-state index contributed by atoms with van der Waals surface area (Å²) < 4.78 is 1.85. The number of benzene rings is 3. The fraction of sp³-hybridized carbons (Fsp3) is 0.125. The summed E-state index contributed by atoms with van der Waals surface area (Å²) in [6.45, 7) is 0. The standard InChI is InChI=1S/C24H21N3O2/c28-23(29)17-16-22-25-18-27(26-22)24(19-10-4-1-5-11-19,20-12-6-2-7-13-20)21-14-8-3-9-15-21/h1-15,18H,16-17H2,(H,28,29). The van der Waals surface area contributed by atoms with Gasteiger partial charge in [0.15, 0.2) is 5.82 Å².